The van der Waals surface area contributed by atoms with Gasteiger partial charge in [-0.1, -0.05) is 0 Å². The van der Waals surface area contributed by atoms with Crippen molar-refractivity contribution in [2.45, 2.75) is 11.1 Å². The Morgan fingerprint density at radius 3 is 1.97 bits per heavy atom. The fourth-order valence-corrected chi connectivity index (χ4v) is 3.23. The van der Waals surface area contributed by atoms with Crippen LogP contribution in [-0.2, 0) is 10.0 Å². The van der Waals surface area contributed by atoms with Crippen molar-refractivity contribution in [3.63, 3.8) is 0 Å². The summed E-state index contributed by atoms with van der Waals surface area (Å²) in [6.45, 7) is -2.30. The van der Waals surface area contributed by atoms with Gasteiger partial charge in [0.05, 0.1) is 12.8 Å². The van der Waals surface area contributed by atoms with Gasteiger partial charge in [-0.3, -0.25) is 4.72 Å². The van der Waals surface area contributed by atoms with Crippen LogP contribution < -0.4 is 14.2 Å². The summed E-state index contributed by atoms with van der Waals surface area (Å²) in [5.41, 5.74) is -0.597. The second-order valence-corrected chi connectivity index (χ2v) is 6.89. The van der Waals surface area contributed by atoms with Gasteiger partial charge in [-0.2, -0.15) is 22.0 Å². The second kappa shape index (κ2) is 7.93. The molecule has 160 valence electrons. The number of hydrogen-bond donors (Lipinski definition) is 1. The molecule has 0 unspecified atom stereocenters. The van der Waals surface area contributed by atoms with Crippen molar-refractivity contribution in [3.05, 3.63) is 47.3 Å². The van der Waals surface area contributed by atoms with Crippen molar-refractivity contribution >= 4 is 15.7 Å². The van der Waals surface area contributed by atoms with Gasteiger partial charge in [-0.25, -0.2) is 21.6 Å². The number of hydrogen-bond acceptors (Lipinski definition) is 4. The Balaban J connectivity index is 2.49. The molecule has 0 heterocycles. The Labute approximate surface area is 157 Å². The van der Waals surface area contributed by atoms with Gasteiger partial charge in [0.1, 0.15) is 0 Å². The Morgan fingerprint density at radius 1 is 0.966 bits per heavy atom. The SMILES string of the molecule is COc1ccc(NS(=O)(=O)c2c(F)c(F)c(OCC(F)(F)F)c(F)c2F)cc1F. The lowest BCUT2D eigenvalue weighted by Gasteiger charge is -2.15. The van der Waals surface area contributed by atoms with Crippen molar-refractivity contribution in [2.75, 3.05) is 18.4 Å². The first-order chi connectivity index (χ1) is 13.3. The molecule has 0 aliphatic carbocycles. The molecule has 0 bridgehead atoms. The zero-order chi connectivity index (χ0) is 22.1. The molecule has 0 amide bonds. The summed E-state index contributed by atoms with van der Waals surface area (Å²) in [5.74, 6) is -13.6. The van der Waals surface area contributed by atoms with E-state index in [2.05, 4.69) is 9.47 Å². The molecule has 0 aliphatic heterocycles. The molecule has 29 heavy (non-hydrogen) atoms. The van der Waals surface area contributed by atoms with E-state index in [0.717, 1.165) is 19.2 Å². The molecule has 2 aromatic rings. The Morgan fingerprint density at radius 2 is 1.52 bits per heavy atom. The Bertz CT molecular complexity index is 1010. The molecule has 2 aromatic carbocycles. The molecule has 0 spiro atoms. The normalized spacial score (nSPS) is 12.0. The highest BCUT2D eigenvalue weighted by molar-refractivity contribution is 7.92. The van der Waals surface area contributed by atoms with Crippen LogP contribution in [0.1, 0.15) is 0 Å². The summed E-state index contributed by atoms with van der Waals surface area (Å²) >= 11 is 0. The minimum absolute atomic E-state index is 0.312. The third-order valence-electron chi connectivity index (χ3n) is 3.24. The van der Waals surface area contributed by atoms with E-state index in [1.165, 1.54) is 4.72 Å². The topological polar surface area (TPSA) is 64.6 Å². The summed E-state index contributed by atoms with van der Waals surface area (Å²) in [6, 6.07) is 2.39. The molecule has 0 saturated heterocycles. The molecule has 0 aromatic heterocycles. The molecule has 0 fully saturated rings. The fourth-order valence-electron chi connectivity index (χ4n) is 2.04. The lowest BCUT2D eigenvalue weighted by Crippen LogP contribution is -2.23. The minimum atomic E-state index is -5.38. The lowest BCUT2D eigenvalue weighted by molar-refractivity contribution is -0.154. The van der Waals surface area contributed by atoms with Crippen molar-refractivity contribution in [3.8, 4) is 11.5 Å². The summed E-state index contributed by atoms with van der Waals surface area (Å²) < 4.78 is 140. The Hall–Kier alpha value is -2.77. The molecule has 1 N–H and O–H groups in total. The summed E-state index contributed by atoms with van der Waals surface area (Å²) in [5, 5.41) is 0. The van der Waals surface area contributed by atoms with Gasteiger partial charge in [-0.05, 0) is 12.1 Å². The largest absolute Gasteiger partial charge is 0.494 e. The van der Waals surface area contributed by atoms with E-state index in [0.29, 0.717) is 6.07 Å². The molecular weight excluding hydrogens is 442 g/mol. The van der Waals surface area contributed by atoms with Crippen LogP contribution in [0.2, 0.25) is 0 Å². The number of rotatable bonds is 6. The quantitative estimate of drug-likeness (QED) is 0.530. The van der Waals surface area contributed by atoms with Crippen LogP contribution in [0.3, 0.4) is 0 Å². The monoisotopic (exact) mass is 451 g/mol. The first-order valence-corrected chi connectivity index (χ1v) is 8.68. The average molecular weight is 451 g/mol. The predicted octanol–water partition coefficient (Wildman–Crippen LogP) is 4.13. The van der Waals surface area contributed by atoms with Crippen molar-refractivity contribution in [1.29, 1.82) is 0 Å². The van der Waals surface area contributed by atoms with Gasteiger partial charge in [-0.15, -0.1) is 0 Å². The maximum atomic E-state index is 14.1. The van der Waals surface area contributed by atoms with E-state index in [1.807, 2.05) is 0 Å². The zero-order valence-corrected chi connectivity index (χ0v) is 14.8. The van der Waals surface area contributed by atoms with E-state index < -0.39 is 68.2 Å². The van der Waals surface area contributed by atoms with Crippen LogP contribution in [0.4, 0.5) is 40.8 Å². The third-order valence-corrected chi connectivity index (χ3v) is 4.64. The number of ether oxygens (including phenoxy) is 2. The van der Waals surface area contributed by atoms with E-state index in [9.17, 15) is 43.5 Å². The van der Waals surface area contributed by atoms with Gasteiger partial charge in [0.25, 0.3) is 10.0 Å². The number of halogens is 8. The van der Waals surface area contributed by atoms with Crippen LogP contribution >= 0.6 is 0 Å². The first-order valence-electron chi connectivity index (χ1n) is 7.20. The predicted molar refractivity (Wildman–Crippen MR) is 81.6 cm³/mol. The van der Waals surface area contributed by atoms with E-state index in [1.54, 1.807) is 0 Å². The van der Waals surface area contributed by atoms with E-state index in [4.69, 9.17) is 0 Å². The van der Waals surface area contributed by atoms with Crippen LogP contribution in [0.25, 0.3) is 0 Å². The maximum Gasteiger partial charge on any atom is 0.422 e. The van der Waals surface area contributed by atoms with Crippen molar-refractivity contribution < 1.29 is 53.0 Å². The number of nitrogens with one attached hydrogen (secondary N) is 1. The first kappa shape index (κ1) is 22.5. The third kappa shape index (κ3) is 4.81. The molecule has 0 aliphatic rings. The van der Waals surface area contributed by atoms with Gasteiger partial charge < -0.3 is 9.47 Å². The number of alkyl halides is 3. The van der Waals surface area contributed by atoms with E-state index >= 15 is 0 Å². The Kier molecular flexibility index (Phi) is 6.15. The number of sulfonamides is 1. The van der Waals surface area contributed by atoms with Crippen LogP contribution in [0.5, 0.6) is 11.5 Å². The molecule has 0 saturated carbocycles. The van der Waals surface area contributed by atoms with Gasteiger partial charge in [0, 0.05) is 6.07 Å². The summed E-state index contributed by atoms with van der Waals surface area (Å²) in [6.07, 6.45) is -5.10. The second-order valence-electron chi connectivity index (χ2n) is 5.27. The molecule has 0 atom stereocenters. The van der Waals surface area contributed by atoms with Gasteiger partial charge >= 0.3 is 6.18 Å². The molecule has 5 nitrogen and oxygen atoms in total. The highest BCUT2D eigenvalue weighted by Gasteiger charge is 2.36. The van der Waals surface area contributed by atoms with Crippen molar-refractivity contribution in [2.24, 2.45) is 0 Å². The molecule has 0 radical (unpaired) electrons. The summed E-state index contributed by atoms with van der Waals surface area (Å²) in [7, 11) is -4.28. The van der Waals surface area contributed by atoms with Crippen LogP contribution in [0, 0.1) is 29.1 Å². The number of anilines is 1. The smallest absolute Gasteiger partial charge is 0.422 e. The zero-order valence-electron chi connectivity index (χ0n) is 14.0. The molecule has 14 heteroatoms. The van der Waals surface area contributed by atoms with Crippen LogP contribution in [0.15, 0.2) is 23.1 Å². The minimum Gasteiger partial charge on any atom is -0.494 e. The number of methoxy groups -OCH3 is 1. The molecular formula is C15H9F8NO4S. The maximum absolute atomic E-state index is 14.1. The highest BCUT2D eigenvalue weighted by atomic mass is 32.2. The van der Waals surface area contributed by atoms with Gasteiger partial charge in [0.2, 0.25) is 11.6 Å². The van der Waals surface area contributed by atoms with Crippen LogP contribution in [-0.4, -0.2) is 28.3 Å². The van der Waals surface area contributed by atoms with E-state index in [-0.39, 0.29) is 5.75 Å². The lowest BCUT2D eigenvalue weighted by atomic mass is 10.3. The number of benzene rings is 2. The van der Waals surface area contributed by atoms with Crippen molar-refractivity contribution in [1.82, 2.24) is 0 Å². The molecule has 2 rings (SSSR count). The summed E-state index contributed by atoms with van der Waals surface area (Å²) in [4.78, 5) is -2.18. The van der Waals surface area contributed by atoms with Gasteiger partial charge in [0.15, 0.2) is 40.5 Å². The standard InChI is InChI=1S/C15H9F8NO4S/c1-27-8-3-2-6(4-7(8)16)24-29(25,26)14-11(19)9(17)13(10(18)12(14)20)28-5-15(21,22)23/h2-4,24H,5H2,1H3. The fraction of sp³-hybridized carbons (Fsp3) is 0.200. The average Bonchev–Trinajstić information content (AvgIpc) is 2.59. The highest BCUT2D eigenvalue weighted by Crippen LogP contribution is 2.34.